The maximum atomic E-state index is 9.93. The number of hydrogen-bond donors (Lipinski definition) is 1. The van der Waals surface area contributed by atoms with Gasteiger partial charge in [-0.05, 0) is 12.5 Å². The van der Waals surface area contributed by atoms with E-state index in [1.54, 1.807) is 6.20 Å². The van der Waals surface area contributed by atoms with Crippen LogP contribution in [0.15, 0.2) is 12.3 Å². The number of β-amino-alcohol motifs (C(OH)–C–C–N with tert-alkyl or cyclic N) is 1. The topological polar surface area (TPSA) is 52.5 Å². The van der Waals surface area contributed by atoms with Crippen LogP contribution in [0.3, 0.4) is 0 Å². The summed E-state index contributed by atoms with van der Waals surface area (Å²) in [6.45, 7) is 3.32. The molecule has 1 saturated heterocycles. The monoisotopic (exact) mass is 222 g/mol. The maximum absolute atomic E-state index is 9.93. The molecule has 1 fully saturated rings. The van der Waals surface area contributed by atoms with E-state index in [2.05, 4.69) is 14.9 Å². The third kappa shape index (κ3) is 1.95. The van der Waals surface area contributed by atoms with E-state index in [-0.39, 0.29) is 0 Å². The molecule has 0 radical (unpaired) electrons. The highest BCUT2D eigenvalue weighted by atomic mass is 16.3. The van der Waals surface area contributed by atoms with Crippen LogP contribution in [-0.4, -0.2) is 47.9 Å². The molecular weight excluding hydrogens is 204 g/mol. The van der Waals surface area contributed by atoms with E-state index in [0.29, 0.717) is 19.0 Å². The molecule has 5 heteroatoms. The Kier molecular flexibility index (Phi) is 2.71. The molecule has 0 aromatic carbocycles. The lowest BCUT2D eigenvalue weighted by molar-refractivity contribution is 0.00806. The summed E-state index contributed by atoms with van der Waals surface area (Å²) < 4.78 is 0. The average molecular weight is 222 g/mol. The number of rotatable bonds is 3. The molecule has 0 amide bonds. The Morgan fingerprint density at radius 3 is 2.75 bits per heavy atom. The van der Waals surface area contributed by atoms with Crippen molar-refractivity contribution in [3.63, 3.8) is 0 Å². The summed E-state index contributed by atoms with van der Waals surface area (Å²) in [4.78, 5) is 12.5. The van der Waals surface area contributed by atoms with Crippen LogP contribution in [0.4, 0.5) is 11.8 Å². The van der Waals surface area contributed by atoms with Gasteiger partial charge in [0.05, 0.1) is 5.60 Å². The highest BCUT2D eigenvalue weighted by Gasteiger charge is 2.40. The number of aromatic nitrogens is 2. The minimum absolute atomic E-state index is 0.525. The molecule has 1 N–H and O–H groups in total. The summed E-state index contributed by atoms with van der Waals surface area (Å²) in [5.41, 5.74) is -0.525. The van der Waals surface area contributed by atoms with Crippen molar-refractivity contribution in [2.45, 2.75) is 18.9 Å². The third-order valence-corrected chi connectivity index (χ3v) is 2.98. The number of hydrogen-bond acceptors (Lipinski definition) is 5. The Morgan fingerprint density at radius 1 is 1.50 bits per heavy atom. The van der Waals surface area contributed by atoms with Crippen molar-refractivity contribution in [3.8, 4) is 0 Å². The summed E-state index contributed by atoms with van der Waals surface area (Å²) in [7, 11) is 3.83. The number of anilines is 2. The summed E-state index contributed by atoms with van der Waals surface area (Å²) in [5.74, 6) is 1.58. The molecule has 1 aromatic heterocycles. The van der Waals surface area contributed by atoms with Gasteiger partial charge < -0.3 is 14.9 Å². The Hall–Kier alpha value is -1.36. The lowest BCUT2D eigenvalue weighted by atomic mass is 9.91. The van der Waals surface area contributed by atoms with E-state index in [9.17, 15) is 5.11 Å². The first kappa shape index (κ1) is 11.1. The van der Waals surface area contributed by atoms with Crippen LogP contribution in [0.5, 0.6) is 0 Å². The van der Waals surface area contributed by atoms with E-state index in [0.717, 1.165) is 12.2 Å². The van der Waals surface area contributed by atoms with Gasteiger partial charge in [-0.25, -0.2) is 4.98 Å². The van der Waals surface area contributed by atoms with Crippen LogP contribution in [0.25, 0.3) is 0 Å². The van der Waals surface area contributed by atoms with Crippen molar-refractivity contribution < 1.29 is 5.11 Å². The smallest absolute Gasteiger partial charge is 0.226 e. The van der Waals surface area contributed by atoms with Crippen LogP contribution in [0.2, 0.25) is 0 Å². The molecule has 1 aliphatic rings. The van der Waals surface area contributed by atoms with Crippen molar-refractivity contribution in [1.29, 1.82) is 0 Å². The van der Waals surface area contributed by atoms with Gasteiger partial charge in [0.2, 0.25) is 5.95 Å². The molecule has 0 saturated carbocycles. The summed E-state index contributed by atoms with van der Waals surface area (Å²) >= 11 is 0. The van der Waals surface area contributed by atoms with Crippen molar-refractivity contribution >= 4 is 11.8 Å². The minimum atomic E-state index is -0.525. The molecule has 2 rings (SSSR count). The Bertz CT molecular complexity index is 374. The first-order chi connectivity index (χ1) is 7.54. The van der Waals surface area contributed by atoms with Crippen LogP contribution in [-0.2, 0) is 0 Å². The molecule has 5 nitrogen and oxygen atoms in total. The zero-order valence-corrected chi connectivity index (χ0v) is 10.0. The SMILES string of the molecule is CCC1(O)CN(c2ccnc(N(C)C)n2)C1. The summed E-state index contributed by atoms with van der Waals surface area (Å²) in [6.07, 6.45) is 2.54. The second-order valence-electron chi connectivity index (χ2n) is 4.54. The predicted octanol–water partition coefficient (Wildman–Crippen LogP) is 0.504. The first-order valence-electron chi connectivity index (χ1n) is 5.52. The Morgan fingerprint density at radius 2 is 2.19 bits per heavy atom. The zero-order valence-electron chi connectivity index (χ0n) is 10.0. The summed E-state index contributed by atoms with van der Waals surface area (Å²) in [6, 6.07) is 1.88. The maximum Gasteiger partial charge on any atom is 0.226 e. The molecular formula is C11H18N4O. The normalized spacial score (nSPS) is 18.1. The van der Waals surface area contributed by atoms with Crippen LogP contribution in [0.1, 0.15) is 13.3 Å². The highest BCUT2D eigenvalue weighted by Crippen LogP contribution is 2.28. The fraction of sp³-hybridized carbons (Fsp3) is 0.636. The number of nitrogens with zero attached hydrogens (tertiary/aromatic N) is 4. The van der Waals surface area contributed by atoms with Gasteiger partial charge in [0.15, 0.2) is 0 Å². The van der Waals surface area contributed by atoms with Gasteiger partial charge in [-0.1, -0.05) is 6.92 Å². The third-order valence-electron chi connectivity index (χ3n) is 2.98. The fourth-order valence-corrected chi connectivity index (χ4v) is 1.78. The molecule has 0 aliphatic carbocycles. The second kappa shape index (κ2) is 3.90. The molecule has 2 heterocycles. The second-order valence-corrected chi connectivity index (χ2v) is 4.54. The standard InChI is InChI=1S/C11H18N4O/c1-4-11(16)7-15(8-11)9-5-6-12-10(13-9)14(2)3/h5-6,16H,4,7-8H2,1-3H3. The van der Waals surface area contributed by atoms with E-state index in [1.807, 2.05) is 32.0 Å². The van der Waals surface area contributed by atoms with Crippen molar-refractivity contribution in [2.75, 3.05) is 37.0 Å². The van der Waals surface area contributed by atoms with E-state index < -0.39 is 5.60 Å². The quantitative estimate of drug-likeness (QED) is 0.807. The van der Waals surface area contributed by atoms with Gasteiger partial charge in [-0.15, -0.1) is 0 Å². The number of aliphatic hydroxyl groups is 1. The summed E-state index contributed by atoms with van der Waals surface area (Å²) in [5, 5.41) is 9.93. The predicted molar refractivity (Wildman–Crippen MR) is 63.8 cm³/mol. The molecule has 1 aliphatic heterocycles. The van der Waals surface area contributed by atoms with Gasteiger partial charge in [-0.3, -0.25) is 0 Å². The van der Waals surface area contributed by atoms with Gasteiger partial charge in [0, 0.05) is 33.4 Å². The molecule has 0 unspecified atom stereocenters. The zero-order chi connectivity index (χ0) is 11.8. The van der Waals surface area contributed by atoms with Gasteiger partial charge >= 0.3 is 0 Å². The lowest BCUT2D eigenvalue weighted by Crippen LogP contribution is -2.61. The van der Waals surface area contributed by atoms with Crippen LogP contribution >= 0.6 is 0 Å². The molecule has 0 bridgehead atoms. The van der Waals surface area contributed by atoms with E-state index >= 15 is 0 Å². The molecule has 1 aromatic rings. The molecule has 88 valence electrons. The highest BCUT2D eigenvalue weighted by molar-refractivity contribution is 5.46. The Balaban J connectivity index is 2.09. The van der Waals surface area contributed by atoms with Crippen molar-refractivity contribution in [1.82, 2.24) is 9.97 Å². The first-order valence-corrected chi connectivity index (χ1v) is 5.52. The largest absolute Gasteiger partial charge is 0.386 e. The van der Waals surface area contributed by atoms with Crippen molar-refractivity contribution in [2.24, 2.45) is 0 Å². The van der Waals surface area contributed by atoms with E-state index in [4.69, 9.17) is 0 Å². The van der Waals surface area contributed by atoms with Gasteiger partial charge in [0.1, 0.15) is 5.82 Å². The van der Waals surface area contributed by atoms with Gasteiger partial charge in [-0.2, -0.15) is 4.98 Å². The lowest BCUT2D eigenvalue weighted by Gasteiger charge is -2.46. The van der Waals surface area contributed by atoms with Crippen LogP contribution < -0.4 is 9.80 Å². The average Bonchev–Trinajstić information content (AvgIpc) is 2.25. The van der Waals surface area contributed by atoms with Crippen LogP contribution in [0, 0.1) is 0 Å². The Labute approximate surface area is 95.7 Å². The fourth-order valence-electron chi connectivity index (χ4n) is 1.78. The minimum Gasteiger partial charge on any atom is -0.386 e. The molecule has 0 atom stereocenters. The van der Waals surface area contributed by atoms with Crippen molar-refractivity contribution in [3.05, 3.63) is 12.3 Å². The van der Waals surface area contributed by atoms with E-state index in [1.165, 1.54) is 0 Å². The van der Waals surface area contributed by atoms with Gasteiger partial charge in [0.25, 0.3) is 0 Å². The molecule has 16 heavy (non-hydrogen) atoms. The molecule has 0 spiro atoms.